The number of ketones is 1. The van der Waals surface area contributed by atoms with Gasteiger partial charge in [-0.25, -0.2) is 4.79 Å². The number of Topliss-reactive ketones (excluding diaryl/α,β-unsaturated/α-hetero) is 1. The number of aliphatic hydroxyl groups is 3. The van der Waals surface area contributed by atoms with Crippen molar-refractivity contribution in [1.29, 1.82) is 0 Å². The lowest BCUT2D eigenvalue weighted by Crippen LogP contribution is -2.67. The molecule has 10 nitrogen and oxygen atoms in total. The van der Waals surface area contributed by atoms with Crippen molar-refractivity contribution in [3.8, 4) is 0 Å². The first-order valence-electron chi connectivity index (χ1n) is 6.41. The SMILES string of the molecule is CO[C@]1(C(=O)O)C[C@H](O)[C@@H](NC(C)=O)[C@H]([C@H](O)C(=O)CO)O1. The summed E-state index contributed by atoms with van der Waals surface area (Å²) in [6.07, 6.45) is -5.55. The van der Waals surface area contributed by atoms with Crippen LogP contribution in [0, 0.1) is 0 Å². The lowest BCUT2D eigenvalue weighted by atomic mass is 9.89. The van der Waals surface area contributed by atoms with E-state index in [0.29, 0.717) is 0 Å². The van der Waals surface area contributed by atoms with Gasteiger partial charge in [0, 0.05) is 20.5 Å². The van der Waals surface area contributed by atoms with E-state index < -0.39 is 60.8 Å². The Balaban J connectivity index is 3.17. The van der Waals surface area contributed by atoms with Crippen molar-refractivity contribution in [2.45, 2.75) is 43.5 Å². The normalized spacial score (nSPS) is 33.0. The van der Waals surface area contributed by atoms with Crippen LogP contribution in [0.2, 0.25) is 0 Å². The number of carboxylic acid groups (broad SMARTS) is 1. The molecule has 0 saturated carbocycles. The van der Waals surface area contributed by atoms with Crippen molar-refractivity contribution >= 4 is 17.7 Å². The molecule has 1 heterocycles. The van der Waals surface area contributed by atoms with Gasteiger partial charge in [-0.05, 0) is 0 Å². The first kappa shape index (κ1) is 18.5. The molecule has 1 aliphatic heterocycles. The summed E-state index contributed by atoms with van der Waals surface area (Å²) in [5.74, 6) is -5.48. The summed E-state index contributed by atoms with van der Waals surface area (Å²) in [5.41, 5.74) is 0. The van der Waals surface area contributed by atoms with E-state index in [1.807, 2.05) is 0 Å². The van der Waals surface area contributed by atoms with Gasteiger partial charge in [0.15, 0.2) is 5.78 Å². The Morgan fingerprint density at radius 3 is 2.45 bits per heavy atom. The van der Waals surface area contributed by atoms with Crippen LogP contribution in [-0.4, -0.2) is 81.9 Å². The van der Waals surface area contributed by atoms with Gasteiger partial charge in [-0.3, -0.25) is 9.59 Å². The van der Waals surface area contributed by atoms with Crippen molar-refractivity contribution in [1.82, 2.24) is 5.32 Å². The van der Waals surface area contributed by atoms with E-state index in [4.69, 9.17) is 14.6 Å². The molecule has 0 unspecified atom stereocenters. The highest BCUT2D eigenvalue weighted by Crippen LogP contribution is 2.32. The van der Waals surface area contributed by atoms with Gasteiger partial charge in [0.05, 0.1) is 12.1 Å². The third-order valence-electron chi connectivity index (χ3n) is 3.40. The first-order valence-corrected chi connectivity index (χ1v) is 6.41. The zero-order valence-electron chi connectivity index (χ0n) is 12.1. The van der Waals surface area contributed by atoms with Crippen LogP contribution < -0.4 is 5.32 Å². The van der Waals surface area contributed by atoms with Crippen LogP contribution in [-0.2, 0) is 23.9 Å². The number of hydrogen-bond acceptors (Lipinski definition) is 8. The number of aliphatic carboxylic acids is 1. The number of carbonyl (C=O) groups excluding carboxylic acids is 2. The predicted octanol–water partition coefficient (Wildman–Crippen LogP) is -3.01. The zero-order chi connectivity index (χ0) is 17.1. The van der Waals surface area contributed by atoms with E-state index in [1.165, 1.54) is 0 Å². The molecule has 10 heteroatoms. The highest BCUT2D eigenvalue weighted by atomic mass is 16.7. The van der Waals surface area contributed by atoms with Gasteiger partial charge in [0.2, 0.25) is 5.91 Å². The molecule has 22 heavy (non-hydrogen) atoms. The Labute approximate surface area is 125 Å². The number of methoxy groups -OCH3 is 1. The predicted molar refractivity (Wildman–Crippen MR) is 68.6 cm³/mol. The Bertz CT molecular complexity index is 454. The van der Waals surface area contributed by atoms with E-state index >= 15 is 0 Å². The number of nitrogens with one attached hydrogen (secondary N) is 1. The second-order valence-electron chi connectivity index (χ2n) is 4.91. The van der Waals surface area contributed by atoms with Crippen LogP contribution in [0.25, 0.3) is 0 Å². The van der Waals surface area contributed by atoms with Crippen LogP contribution in [0.3, 0.4) is 0 Å². The van der Waals surface area contributed by atoms with E-state index in [1.54, 1.807) is 0 Å². The quantitative estimate of drug-likeness (QED) is 0.343. The van der Waals surface area contributed by atoms with E-state index in [2.05, 4.69) is 5.32 Å². The summed E-state index contributed by atoms with van der Waals surface area (Å²) in [6, 6.07) is -1.24. The minimum Gasteiger partial charge on any atom is -0.477 e. The van der Waals surface area contributed by atoms with Crippen LogP contribution in [0.4, 0.5) is 0 Å². The fourth-order valence-electron chi connectivity index (χ4n) is 2.27. The molecule has 1 aliphatic rings. The van der Waals surface area contributed by atoms with Gasteiger partial charge in [-0.15, -0.1) is 0 Å². The second-order valence-corrected chi connectivity index (χ2v) is 4.91. The molecular formula is C12H19NO9. The number of aliphatic hydroxyl groups excluding tert-OH is 3. The van der Waals surface area contributed by atoms with Crippen LogP contribution >= 0.6 is 0 Å². The molecule has 5 N–H and O–H groups in total. The second kappa shape index (κ2) is 7.11. The van der Waals surface area contributed by atoms with Crippen molar-refractivity contribution in [3.05, 3.63) is 0 Å². The van der Waals surface area contributed by atoms with Crippen molar-refractivity contribution < 1.29 is 44.3 Å². The lowest BCUT2D eigenvalue weighted by molar-refractivity contribution is -0.296. The minimum atomic E-state index is -2.28. The molecule has 0 aliphatic carbocycles. The van der Waals surface area contributed by atoms with Gasteiger partial charge in [0.1, 0.15) is 18.8 Å². The smallest absolute Gasteiger partial charge is 0.364 e. The number of ether oxygens (including phenoxy) is 2. The van der Waals surface area contributed by atoms with Gasteiger partial charge in [-0.2, -0.15) is 0 Å². The maximum atomic E-state index is 11.5. The van der Waals surface area contributed by atoms with Gasteiger partial charge in [0.25, 0.3) is 5.79 Å². The maximum Gasteiger partial charge on any atom is 0.364 e. The molecule has 1 saturated heterocycles. The fourth-order valence-corrected chi connectivity index (χ4v) is 2.27. The molecule has 0 aromatic rings. The van der Waals surface area contributed by atoms with Gasteiger partial charge >= 0.3 is 5.97 Å². The van der Waals surface area contributed by atoms with Gasteiger partial charge in [-0.1, -0.05) is 0 Å². The molecule has 1 rings (SSSR count). The van der Waals surface area contributed by atoms with Crippen molar-refractivity contribution in [2.24, 2.45) is 0 Å². The largest absolute Gasteiger partial charge is 0.477 e. The van der Waals surface area contributed by atoms with Crippen LogP contribution in [0.5, 0.6) is 0 Å². The van der Waals surface area contributed by atoms with E-state index in [-0.39, 0.29) is 0 Å². The third-order valence-corrected chi connectivity index (χ3v) is 3.40. The summed E-state index contributed by atoms with van der Waals surface area (Å²) >= 11 is 0. The summed E-state index contributed by atoms with van der Waals surface area (Å²) in [6.45, 7) is 0.121. The lowest BCUT2D eigenvalue weighted by Gasteiger charge is -2.45. The highest BCUT2D eigenvalue weighted by Gasteiger charge is 2.55. The highest BCUT2D eigenvalue weighted by molar-refractivity contribution is 5.85. The number of amides is 1. The number of carboxylic acids is 1. The molecule has 0 bridgehead atoms. The first-order chi connectivity index (χ1) is 10.2. The summed E-state index contributed by atoms with van der Waals surface area (Å²) in [5, 5.41) is 40.3. The standard InChI is InChI=1S/C12H19NO9/c1-5(15)13-8-6(16)3-12(21-2,11(19)20)22-10(8)9(18)7(17)4-14/h6,8-10,14,16,18H,3-4H2,1-2H3,(H,13,15)(H,19,20)/t6-,8+,9+,10+,12+/m0/s1. The van der Waals surface area contributed by atoms with Crippen molar-refractivity contribution in [3.63, 3.8) is 0 Å². The molecule has 0 radical (unpaired) electrons. The average Bonchev–Trinajstić information content (AvgIpc) is 2.46. The Morgan fingerprint density at radius 2 is 2.05 bits per heavy atom. The van der Waals surface area contributed by atoms with Gasteiger partial charge < -0.3 is 35.2 Å². The zero-order valence-corrected chi connectivity index (χ0v) is 12.1. The minimum absolute atomic E-state index is 0.527. The third kappa shape index (κ3) is 3.59. The van der Waals surface area contributed by atoms with Crippen LogP contribution in [0.1, 0.15) is 13.3 Å². The summed E-state index contributed by atoms with van der Waals surface area (Å²) < 4.78 is 9.95. The van der Waals surface area contributed by atoms with E-state index in [9.17, 15) is 29.7 Å². The maximum absolute atomic E-state index is 11.5. The Kier molecular flexibility index (Phi) is 5.97. The van der Waals surface area contributed by atoms with Crippen LogP contribution in [0.15, 0.2) is 0 Å². The number of rotatable bonds is 6. The Hall–Kier alpha value is -1.59. The van der Waals surface area contributed by atoms with Crippen molar-refractivity contribution in [2.75, 3.05) is 13.7 Å². The molecule has 0 aromatic carbocycles. The van der Waals surface area contributed by atoms with E-state index in [0.717, 1.165) is 14.0 Å². The molecular weight excluding hydrogens is 302 g/mol. The molecule has 1 fully saturated rings. The molecule has 126 valence electrons. The summed E-state index contributed by atoms with van der Waals surface area (Å²) in [4.78, 5) is 34.0. The molecule has 5 atom stereocenters. The Morgan fingerprint density at radius 1 is 1.45 bits per heavy atom. The molecule has 0 aromatic heterocycles. The molecule has 1 amide bonds. The topological polar surface area (TPSA) is 163 Å². The summed E-state index contributed by atoms with van der Waals surface area (Å²) in [7, 11) is 1.02. The molecule has 0 spiro atoms. The average molecular weight is 321 g/mol. The monoisotopic (exact) mass is 321 g/mol. The number of hydrogen-bond donors (Lipinski definition) is 5. The fraction of sp³-hybridized carbons (Fsp3) is 0.750. The number of carbonyl (C=O) groups is 3.